The lowest BCUT2D eigenvalue weighted by Crippen LogP contribution is -1.91. The van der Waals surface area contributed by atoms with Crippen LogP contribution in [0.1, 0.15) is 12.5 Å². The first kappa shape index (κ1) is 13.3. The Hall–Kier alpha value is -2.69. The molecule has 106 valence electrons. The quantitative estimate of drug-likeness (QED) is 0.744. The molecule has 21 heavy (non-hydrogen) atoms. The largest absolute Gasteiger partial charge is 0.398 e. The molecule has 3 rings (SSSR count). The van der Waals surface area contributed by atoms with Gasteiger partial charge >= 0.3 is 0 Å². The molecule has 1 heterocycles. The number of hydrogen-bond donors (Lipinski definition) is 1. The molecule has 0 spiro atoms. The van der Waals surface area contributed by atoms with E-state index in [9.17, 15) is 4.39 Å². The number of nitrogens with two attached hydrogens (primary N) is 1. The van der Waals surface area contributed by atoms with Gasteiger partial charge in [0.1, 0.15) is 5.82 Å². The lowest BCUT2D eigenvalue weighted by atomic mass is 10.1. The summed E-state index contributed by atoms with van der Waals surface area (Å²) < 4.78 is 18.5. The van der Waals surface area contributed by atoms with Gasteiger partial charge < -0.3 is 10.3 Å². The van der Waals surface area contributed by atoms with E-state index in [1.54, 1.807) is 0 Å². The number of benzene rings is 2. The third-order valence-electron chi connectivity index (χ3n) is 3.29. The minimum absolute atomic E-state index is 0.210. The summed E-state index contributed by atoms with van der Waals surface area (Å²) in [7, 11) is 0. The van der Waals surface area contributed by atoms with Crippen molar-refractivity contribution < 1.29 is 8.91 Å². The molecule has 0 radical (unpaired) electrons. The van der Waals surface area contributed by atoms with Crippen molar-refractivity contribution in [3.63, 3.8) is 0 Å². The Morgan fingerprint density at radius 2 is 1.90 bits per heavy atom. The van der Waals surface area contributed by atoms with E-state index in [-0.39, 0.29) is 5.89 Å². The van der Waals surface area contributed by atoms with Crippen LogP contribution >= 0.6 is 0 Å². The average Bonchev–Trinajstić information content (AvgIpc) is 2.99. The van der Waals surface area contributed by atoms with Gasteiger partial charge in [0.05, 0.1) is 5.56 Å². The summed E-state index contributed by atoms with van der Waals surface area (Å²) in [5, 5.41) is 3.92. The summed E-state index contributed by atoms with van der Waals surface area (Å²) in [6.45, 7) is 2.09. The van der Waals surface area contributed by atoms with Crippen molar-refractivity contribution in [2.75, 3.05) is 5.73 Å². The fraction of sp³-hybridized carbons (Fsp3) is 0.125. The van der Waals surface area contributed by atoms with Crippen molar-refractivity contribution in [1.82, 2.24) is 10.1 Å². The summed E-state index contributed by atoms with van der Waals surface area (Å²) in [4.78, 5) is 4.28. The van der Waals surface area contributed by atoms with Crippen molar-refractivity contribution in [2.24, 2.45) is 0 Å². The van der Waals surface area contributed by atoms with Gasteiger partial charge in [-0.1, -0.05) is 36.3 Å². The first-order valence-electron chi connectivity index (χ1n) is 6.66. The van der Waals surface area contributed by atoms with E-state index in [2.05, 4.69) is 17.1 Å². The number of rotatable bonds is 3. The molecule has 2 aromatic carbocycles. The van der Waals surface area contributed by atoms with E-state index in [4.69, 9.17) is 10.3 Å². The molecule has 0 aliphatic rings. The van der Waals surface area contributed by atoms with Crippen molar-refractivity contribution in [2.45, 2.75) is 13.3 Å². The van der Waals surface area contributed by atoms with Gasteiger partial charge in [-0.05, 0) is 30.2 Å². The maximum Gasteiger partial charge on any atom is 0.260 e. The number of aryl methyl sites for hydroxylation is 1. The van der Waals surface area contributed by atoms with Crippen LogP contribution in [0.2, 0.25) is 0 Å². The minimum Gasteiger partial charge on any atom is -0.398 e. The van der Waals surface area contributed by atoms with Crippen LogP contribution in [0.15, 0.2) is 47.0 Å². The van der Waals surface area contributed by atoms with Crippen LogP contribution in [0.25, 0.3) is 22.8 Å². The number of anilines is 1. The van der Waals surface area contributed by atoms with Crippen molar-refractivity contribution >= 4 is 5.69 Å². The van der Waals surface area contributed by atoms with E-state index in [0.717, 1.165) is 12.0 Å². The van der Waals surface area contributed by atoms with Gasteiger partial charge in [0.25, 0.3) is 5.89 Å². The van der Waals surface area contributed by atoms with E-state index in [1.165, 1.54) is 23.8 Å². The predicted molar refractivity (Wildman–Crippen MR) is 78.9 cm³/mol. The zero-order valence-electron chi connectivity index (χ0n) is 11.5. The SMILES string of the molecule is CCc1ccc(-c2noc(-c3cc(F)ccc3N)n2)cc1. The molecular weight excluding hydrogens is 269 g/mol. The van der Waals surface area contributed by atoms with Gasteiger partial charge in [0, 0.05) is 11.3 Å². The van der Waals surface area contributed by atoms with Crippen LogP contribution in [-0.2, 0) is 6.42 Å². The number of hydrogen-bond acceptors (Lipinski definition) is 4. The third kappa shape index (κ3) is 2.63. The Labute approximate surface area is 121 Å². The van der Waals surface area contributed by atoms with Gasteiger partial charge in [-0.25, -0.2) is 4.39 Å². The molecule has 0 unspecified atom stereocenters. The van der Waals surface area contributed by atoms with Crippen LogP contribution < -0.4 is 5.73 Å². The number of nitrogens with zero attached hydrogens (tertiary/aromatic N) is 2. The van der Waals surface area contributed by atoms with Gasteiger partial charge in [-0.3, -0.25) is 0 Å². The second kappa shape index (κ2) is 5.36. The molecule has 0 amide bonds. The fourth-order valence-corrected chi connectivity index (χ4v) is 2.05. The number of aromatic nitrogens is 2. The molecule has 2 N–H and O–H groups in total. The van der Waals surface area contributed by atoms with E-state index in [0.29, 0.717) is 17.1 Å². The smallest absolute Gasteiger partial charge is 0.260 e. The van der Waals surface area contributed by atoms with E-state index >= 15 is 0 Å². The summed E-state index contributed by atoms with van der Waals surface area (Å²) >= 11 is 0. The zero-order valence-corrected chi connectivity index (χ0v) is 11.5. The standard InChI is InChI=1S/C16H14FN3O/c1-2-10-3-5-11(6-4-10)15-19-16(21-20-15)13-9-12(17)7-8-14(13)18/h3-9H,2,18H2,1H3. The van der Waals surface area contributed by atoms with E-state index in [1.807, 2.05) is 24.3 Å². The van der Waals surface area contributed by atoms with Crippen molar-refractivity contribution in [3.05, 3.63) is 53.8 Å². The highest BCUT2D eigenvalue weighted by molar-refractivity contribution is 5.71. The third-order valence-corrected chi connectivity index (χ3v) is 3.29. The fourth-order valence-electron chi connectivity index (χ4n) is 2.05. The Kier molecular flexibility index (Phi) is 3.39. The molecule has 3 aromatic rings. The first-order valence-corrected chi connectivity index (χ1v) is 6.66. The number of nitrogen functional groups attached to an aromatic ring is 1. The van der Waals surface area contributed by atoms with Crippen LogP contribution in [0.4, 0.5) is 10.1 Å². The molecule has 0 saturated heterocycles. The monoisotopic (exact) mass is 283 g/mol. The molecule has 0 aliphatic carbocycles. The van der Waals surface area contributed by atoms with Gasteiger partial charge in [0.2, 0.25) is 5.82 Å². The average molecular weight is 283 g/mol. The molecule has 0 bridgehead atoms. The summed E-state index contributed by atoms with van der Waals surface area (Å²) in [5.41, 5.74) is 8.69. The van der Waals surface area contributed by atoms with Crippen LogP contribution in [0.3, 0.4) is 0 Å². The summed E-state index contributed by atoms with van der Waals surface area (Å²) in [6, 6.07) is 12.0. The Bertz CT molecular complexity index is 765. The molecule has 0 aliphatic heterocycles. The Morgan fingerprint density at radius 3 is 2.62 bits per heavy atom. The van der Waals surface area contributed by atoms with Crippen molar-refractivity contribution in [1.29, 1.82) is 0 Å². The summed E-state index contributed by atoms with van der Waals surface area (Å²) in [5.74, 6) is 0.268. The normalized spacial score (nSPS) is 10.8. The van der Waals surface area contributed by atoms with Gasteiger partial charge in [0.15, 0.2) is 0 Å². The summed E-state index contributed by atoms with van der Waals surface area (Å²) in [6.07, 6.45) is 0.970. The molecule has 0 saturated carbocycles. The van der Waals surface area contributed by atoms with Crippen molar-refractivity contribution in [3.8, 4) is 22.8 Å². The van der Waals surface area contributed by atoms with Crippen LogP contribution in [0, 0.1) is 5.82 Å². The maximum absolute atomic E-state index is 13.3. The highest BCUT2D eigenvalue weighted by atomic mass is 19.1. The molecule has 0 atom stereocenters. The van der Waals surface area contributed by atoms with Gasteiger partial charge in [-0.15, -0.1) is 0 Å². The topological polar surface area (TPSA) is 64.9 Å². The Balaban J connectivity index is 1.97. The molecule has 0 fully saturated rings. The highest BCUT2D eigenvalue weighted by Gasteiger charge is 2.13. The molecule has 5 heteroatoms. The van der Waals surface area contributed by atoms with Crippen LogP contribution in [-0.4, -0.2) is 10.1 Å². The molecule has 4 nitrogen and oxygen atoms in total. The number of halogens is 1. The lowest BCUT2D eigenvalue weighted by Gasteiger charge is -1.99. The zero-order chi connectivity index (χ0) is 14.8. The first-order chi connectivity index (χ1) is 10.2. The second-order valence-electron chi connectivity index (χ2n) is 4.71. The highest BCUT2D eigenvalue weighted by Crippen LogP contribution is 2.27. The minimum atomic E-state index is -0.397. The lowest BCUT2D eigenvalue weighted by molar-refractivity contribution is 0.432. The molecular formula is C16H14FN3O. The molecule has 1 aromatic heterocycles. The predicted octanol–water partition coefficient (Wildman–Crippen LogP) is 3.69. The maximum atomic E-state index is 13.3. The second-order valence-corrected chi connectivity index (χ2v) is 4.71. The van der Waals surface area contributed by atoms with Gasteiger partial charge in [-0.2, -0.15) is 4.98 Å². The Morgan fingerprint density at radius 1 is 1.14 bits per heavy atom. The van der Waals surface area contributed by atoms with E-state index < -0.39 is 5.82 Å². The van der Waals surface area contributed by atoms with Crippen LogP contribution in [0.5, 0.6) is 0 Å².